The quantitative estimate of drug-likeness (QED) is 0.847. The number of carbonyl (C=O) groups excluding carboxylic acids is 1. The molecule has 1 N–H and O–H groups in total. The van der Waals surface area contributed by atoms with E-state index in [2.05, 4.69) is 17.1 Å². The second-order valence-electron chi connectivity index (χ2n) is 5.42. The molecule has 0 saturated carbocycles. The molecular formula is C13H18ClN3O. The third-order valence-corrected chi connectivity index (χ3v) is 4.48. The molecule has 3 aliphatic rings. The molecule has 0 aliphatic carbocycles. The summed E-state index contributed by atoms with van der Waals surface area (Å²) in [5.74, 6) is 0.625. The summed E-state index contributed by atoms with van der Waals surface area (Å²) in [5.41, 5.74) is 0. The Labute approximate surface area is 112 Å². The maximum Gasteiger partial charge on any atom is 0.325 e. The van der Waals surface area contributed by atoms with Crippen molar-refractivity contribution in [1.29, 1.82) is 0 Å². The van der Waals surface area contributed by atoms with Gasteiger partial charge in [0.05, 0.1) is 5.02 Å². The van der Waals surface area contributed by atoms with Gasteiger partial charge in [-0.05, 0) is 38.3 Å². The van der Waals surface area contributed by atoms with Crippen molar-refractivity contribution in [2.45, 2.75) is 31.8 Å². The van der Waals surface area contributed by atoms with E-state index in [9.17, 15) is 4.79 Å². The largest absolute Gasteiger partial charge is 0.333 e. The van der Waals surface area contributed by atoms with E-state index < -0.39 is 0 Å². The lowest BCUT2D eigenvalue weighted by Crippen LogP contribution is -2.60. The van der Waals surface area contributed by atoms with Crippen molar-refractivity contribution in [3.05, 3.63) is 23.5 Å². The zero-order chi connectivity index (χ0) is 12.7. The molecular weight excluding hydrogens is 250 g/mol. The van der Waals surface area contributed by atoms with Gasteiger partial charge in [-0.2, -0.15) is 0 Å². The summed E-state index contributed by atoms with van der Waals surface area (Å²) < 4.78 is 1.52. The molecule has 4 atom stereocenters. The Morgan fingerprint density at radius 1 is 1.56 bits per heavy atom. The molecule has 18 heavy (non-hydrogen) atoms. The second kappa shape index (κ2) is 4.59. The Bertz CT molecular complexity index is 459. The van der Waals surface area contributed by atoms with Crippen LogP contribution in [0.1, 0.15) is 19.8 Å². The molecule has 1 aromatic heterocycles. The first-order valence-corrected chi connectivity index (χ1v) is 6.89. The lowest BCUT2D eigenvalue weighted by molar-refractivity contribution is 0.0322. The Hall–Kier alpha value is -1.00. The number of aromatic nitrogens is 1. The predicted molar refractivity (Wildman–Crippen MR) is 70.9 cm³/mol. The average Bonchev–Trinajstić information content (AvgIpc) is 2.77. The maximum absolute atomic E-state index is 12.1. The van der Waals surface area contributed by atoms with E-state index in [4.69, 9.17) is 11.6 Å². The molecule has 3 fully saturated rings. The van der Waals surface area contributed by atoms with E-state index in [0.717, 1.165) is 6.54 Å². The Kier molecular flexibility index (Phi) is 3.08. The van der Waals surface area contributed by atoms with Gasteiger partial charge >= 0.3 is 6.03 Å². The summed E-state index contributed by atoms with van der Waals surface area (Å²) >= 11 is 5.82. The number of rotatable bonds is 1. The topological polar surface area (TPSA) is 37.3 Å². The van der Waals surface area contributed by atoms with Gasteiger partial charge in [0, 0.05) is 31.0 Å². The van der Waals surface area contributed by atoms with Gasteiger partial charge in [-0.15, -0.1) is 0 Å². The van der Waals surface area contributed by atoms with Crippen molar-refractivity contribution in [3.63, 3.8) is 0 Å². The van der Waals surface area contributed by atoms with Crippen LogP contribution < -0.4 is 5.32 Å². The summed E-state index contributed by atoms with van der Waals surface area (Å²) in [7, 11) is 0. The second-order valence-corrected chi connectivity index (χ2v) is 5.86. The van der Waals surface area contributed by atoms with Crippen molar-refractivity contribution in [2.24, 2.45) is 5.92 Å². The highest BCUT2D eigenvalue weighted by Crippen LogP contribution is 2.31. The molecule has 3 saturated heterocycles. The zero-order valence-corrected chi connectivity index (χ0v) is 11.2. The molecule has 0 radical (unpaired) electrons. The van der Waals surface area contributed by atoms with Crippen LogP contribution in [0.2, 0.25) is 5.02 Å². The standard InChI is InChI=1S/C13H18ClN3O/c1-9-6-10-2-4-16(9)8-12(10)15-13(18)17-5-3-11(14)7-17/h3,5,7,9-10,12H,2,4,6,8H2,1H3,(H,15,18)/t9?,10?,12-/m0/s1. The van der Waals surface area contributed by atoms with Gasteiger partial charge in [0.2, 0.25) is 0 Å². The van der Waals surface area contributed by atoms with E-state index in [-0.39, 0.29) is 12.1 Å². The molecule has 1 aromatic rings. The van der Waals surface area contributed by atoms with E-state index in [1.165, 1.54) is 24.0 Å². The minimum absolute atomic E-state index is 0.0756. The fourth-order valence-corrected chi connectivity index (χ4v) is 3.35. The van der Waals surface area contributed by atoms with Crippen LogP contribution in [0.5, 0.6) is 0 Å². The van der Waals surface area contributed by atoms with Gasteiger partial charge in [-0.1, -0.05) is 11.6 Å². The normalized spacial score (nSPS) is 34.6. The van der Waals surface area contributed by atoms with Crippen molar-refractivity contribution < 1.29 is 4.79 Å². The van der Waals surface area contributed by atoms with Crippen molar-refractivity contribution in [2.75, 3.05) is 13.1 Å². The summed E-state index contributed by atoms with van der Waals surface area (Å²) in [4.78, 5) is 14.5. The minimum Gasteiger partial charge on any atom is -0.333 e. The summed E-state index contributed by atoms with van der Waals surface area (Å²) in [5, 5.41) is 3.71. The number of hydrogen-bond acceptors (Lipinski definition) is 2. The van der Waals surface area contributed by atoms with Crippen LogP contribution in [0.3, 0.4) is 0 Å². The Morgan fingerprint density at radius 3 is 2.94 bits per heavy atom. The van der Waals surface area contributed by atoms with Crippen molar-refractivity contribution >= 4 is 17.6 Å². The number of carbonyl (C=O) groups is 1. The van der Waals surface area contributed by atoms with Gasteiger partial charge in [0.1, 0.15) is 0 Å². The van der Waals surface area contributed by atoms with E-state index in [1.807, 2.05) is 0 Å². The van der Waals surface area contributed by atoms with E-state index in [1.54, 1.807) is 18.5 Å². The molecule has 3 unspecified atom stereocenters. The smallest absolute Gasteiger partial charge is 0.325 e. The molecule has 5 heteroatoms. The Morgan fingerprint density at radius 2 is 2.39 bits per heavy atom. The monoisotopic (exact) mass is 267 g/mol. The summed E-state index contributed by atoms with van der Waals surface area (Å²) in [6.45, 7) is 4.43. The molecule has 1 amide bonds. The average molecular weight is 268 g/mol. The third-order valence-electron chi connectivity index (χ3n) is 4.25. The van der Waals surface area contributed by atoms with Gasteiger partial charge in [-0.25, -0.2) is 4.79 Å². The Balaban J connectivity index is 1.65. The molecule has 98 valence electrons. The number of hydrogen-bond donors (Lipinski definition) is 1. The van der Waals surface area contributed by atoms with Crippen LogP contribution >= 0.6 is 11.6 Å². The number of nitrogens with zero attached hydrogens (tertiary/aromatic N) is 2. The van der Waals surface area contributed by atoms with Crippen molar-refractivity contribution in [1.82, 2.24) is 14.8 Å². The fourth-order valence-electron chi connectivity index (χ4n) is 3.19. The number of fused-ring (bicyclic) bond motifs is 3. The van der Waals surface area contributed by atoms with E-state index >= 15 is 0 Å². The van der Waals surface area contributed by atoms with Crippen molar-refractivity contribution in [3.8, 4) is 0 Å². The molecule has 0 aromatic carbocycles. The summed E-state index contributed by atoms with van der Waals surface area (Å²) in [6, 6.07) is 2.59. The van der Waals surface area contributed by atoms with Crippen LogP contribution in [-0.4, -0.2) is 40.7 Å². The molecule has 3 aliphatic heterocycles. The first-order chi connectivity index (χ1) is 8.63. The molecule has 2 bridgehead atoms. The van der Waals surface area contributed by atoms with Gasteiger partial charge in [0.25, 0.3) is 0 Å². The summed E-state index contributed by atoms with van der Waals surface area (Å²) in [6.07, 6.45) is 5.72. The molecule has 4 heterocycles. The predicted octanol–water partition coefficient (Wildman–Crippen LogP) is 2.18. The highest BCUT2D eigenvalue weighted by molar-refractivity contribution is 6.30. The molecule has 4 nitrogen and oxygen atoms in total. The van der Waals surface area contributed by atoms with Gasteiger partial charge in [0.15, 0.2) is 0 Å². The zero-order valence-electron chi connectivity index (χ0n) is 10.5. The van der Waals surface area contributed by atoms with Gasteiger partial charge < -0.3 is 5.32 Å². The lowest BCUT2D eigenvalue weighted by atomic mass is 9.80. The first kappa shape index (κ1) is 12.1. The SMILES string of the molecule is CC1CC2CCN1C[C@@H]2NC(=O)n1ccc(Cl)c1. The number of amides is 1. The van der Waals surface area contributed by atoms with E-state index in [0.29, 0.717) is 17.0 Å². The van der Waals surface area contributed by atoms with Gasteiger partial charge in [-0.3, -0.25) is 9.47 Å². The number of nitrogens with one attached hydrogen (secondary N) is 1. The lowest BCUT2D eigenvalue weighted by Gasteiger charge is -2.48. The maximum atomic E-state index is 12.1. The highest BCUT2D eigenvalue weighted by Gasteiger charge is 2.38. The van der Waals surface area contributed by atoms with Crippen LogP contribution in [-0.2, 0) is 0 Å². The highest BCUT2D eigenvalue weighted by atomic mass is 35.5. The van der Waals surface area contributed by atoms with Crippen LogP contribution in [0.15, 0.2) is 18.5 Å². The van der Waals surface area contributed by atoms with Crippen LogP contribution in [0.4, 0.5) is 4.79 Å². The molecule has 0 spiro atoms. The van der Waals surface area contributed by atoms with Crippen LogP contribution in [0.25, 0.3) is 0 Å². The third kappa shape index (κ3) is 2.15. The number of piperidine rings is 3. The van der Waals surface area contributed by atoms with Crippen LogP contribution in [0, 0.1) is 5.92 Å². The molecule has 4 rings (SSSR count). The number of halogens is 1. The first-order valence-electron chi connectivity index (χ1n) is 6.52. The minimum atomic E-state index is -0.0756. The fraction of sp³-hybridized carbons (Fsp3) is 0.615.